The van der Waals surface area contributed by atoms with E-state index in [2.05, 4.69) is 0 Å². The number of likely N-dealkylation sites (tertiary alicyclic amines) is 1. The largest absolute Gasteiger partial charge is 0.336 e. The molecule has 2 heterocycles. The summed E-state index contributed by atoms with van der Waals surface area (Å²) in [6.07, 6.45) is 3.67. The maximum absolute atomic E-state index is 12.5. The number of aromatic nitrogens is 1. The highest BCUT2D eigenvalue weighted by Gasteiger charge is 2.29. The van der Waals surface area contributed by atoms with Gasteiger partial charge in [0, 0.05) is 37.5 Å². The number of amides is 1. The van der Waals surface area contributed by atoms with E-state index in [0.29, 0.717) is 24.6 Å². The number of hydrogen-bond donors (Lipinski definition) is 1. The molecule has 0 aromatic carbocycles. The summed E-state index contributed by atoms with van der Waals surface area (Å²) in [5, 5.41) is 0. The van der Waals surface area contributed by atoms with Crippen molar-refractivity contribution in [2.75, 3.05) is 13.1 Å². The quantitative estimate of drug-likeness (QED) is 0.849. The highest BCUT2D eigenvalue weighted by atomic mass is 16.2. The van der Waals surface area contributed by atoms with Crippen LogP contribution in [0.5, 0.6) is 0 Å². The molecule has 0 bridgehead atoms. The summed E-state index contributed by atoms with van der Waals surface area (Å²) < 4.78 is 1.46. The average Bonchev–Trinajstić information content (AvgIpc) is 2.41. The number of rotatable bonds is 2. The minimum absolute atomic E-state index is 0.0663. The zero-order valence-corrected chi connectivity index (χ0v) is 11.5. The van der Waals surface area contributed by atoms with E-state index >= 15 is 0 Å². The zero-order valence-electron chi connectivity index (χ0n) is 11.5. The molecule has 2 unspecified atom stereocenters. The van der Waals surface area contributed by atoms with Crippen LogP contribution < -0.4 is 11.3 Å². The van der Waals surface area contributed by atoms with Gasteiger partial charge in [-0.25, -0.2) is 0 Å². The van der Waals surface area contributed by atoms with Crippen LogP contribution in [0.1, 0.15) is 30.1 Å². The molecule has 0 radical (unpaired) electrons. The third-order valence-electron chi connectivity index (χ3n) is 3.93. The van der Waals surface area contributed by atoms with Crippen molar-refractivity contribution >= 4 is 5.91 Å². The molecular weight excluding hydrogens is 242 g/mol. The van der Waals surface area contributed by atoms with Gasteiger partial charge in [-0.05, 0) is 38.3 Å². The lowest BCUT2D eigenvalue weighted by molar-refractivity contribution is 0.0566. The fourth-order valence-corrected chi connectivity index (χ4v) is 2.50. The van der Waals surface area contributed by atoms with Gasteiger partial charge in [0.1, 0.15) is 0 Å². The molecule has 1 fully saturated rings. The Morgan fingerprint density at radius 2 is 2.21 bits per heavy atom. The molecule has 2 N–H and O–H groups in total. The van der Waals surface area contributed by atoms with E-state index in [9.17, 15) is 9.59 Å². The Bertz CT molecular complexity index is 524. The van der Waals surface area contributed by atoms with Crippen molar-refractivity contribution < 1.29 is 4.79 Å². The molecular formula is C14H21N3O2. The Balaban J connectivity index is 2.21. The molecule has 2 atom stereocenters. The highest BCUT2D eigenvalue weighted by molar-refractivity contribution is 5.94. The molecule has 0 aliphatic carbocycles. The van der Waals surface area contributed by atoms with Crippen LogP contribution in [0.2, 0.25) is 0 Å². The first kappa shape index (κ1) is 13.8. The monoisotopic (exact) mass is 263 g/mol. The Hall–Kier alpha value is -1.62. The maximum atomic E-state index is 12.5. The first-order chi connectivity index (χ1) is 9.02. The van der Waals surface area contributed by atoms with Gasteiger partial charge in [-0.15, -0.1) is 0 Å². The zero-order chi connectivity index (χ0) is 14.0. The van der Waals surface area contributed by atoms with E-state index in [1.807, 2.05) is 11.8 Å². The summed E-state index contributed by atoms with van der Waals surface area (Å²) in [7, 11) is 1.67. The van der Waals surface area contributed by atoms with E-state index in [1.165, 1.54) is 10.6 Å². The van der Waals surface area contributed by atoms with E-state index in [0.717, 1.165) is 12.8 Å². The normalized spacial score (nSPS) is 23.4. The lowest BCUT2D eigenvalue weighted by atomic mass is 9.93. The predicted molar refractivity (Wildman–Crippen MR) is 74.0 cm³/mol. The molecule has 0 spiro atoms. The number of carbonyl (C=O) groups is 1. The molecule has 2 rings (SSSR count). The number of carbonyl (C=O) groups excluding carboxylic acids is 1. The molecule has 104 valence electrons. The van der Waals surface area contributed by atoms with E-state index < -0.39 is 0 Å². The van der Waals surface area contributed by atoms with Crippen molar-refractivity contribution in [2.45, 2.75) is 25.8 Å². The molecule has 0 saturated carbocycles. The molecule has 19 heavy (non-hydrogen) atoms. The molecule has 1 aromatic heterocycles. The van der Waals surface area contributed by atoms with Gasteiger partial charge in [0.2, 0.25) is 0 Å². The Morgan fingerprint density at radius 1 is 1.47 bits per heavy atom. The lowest BCUT2D eigenvalue weighted by Crippen LogP contribution is -2.47. The number of aryl methyl sites for hydroxylation is 1. The minimum Gasteiger partial charge on any atom is -0.336 e. The summed E-state index contributed by atoms with van der Waals surface area (Å²) in [5.41, 5.74) is 6.01. The lowest BCUT2D eigenvalue weighted by Gasteiger charge is -2.37. The summed E-state index contributed by atoms with van der Waals surface area (Å²) in [6.45, 7) is 3.34. The van der Waals surface area contributed by atoms with Gasteiger partial charge in [-0.3, -0.25) is 9.59 Å². The van der Waals surface area contributed by atoms with E-state index in [-0.39, 0.29) is 17.5 Å². The van der Waals surface area contributed by atoms with Crippen LogP contribution in [-0.4, -0.2) is 34.5 Å². The standard InChI is InChI=1S/C14H21N3O2/c1-10-3-4-11(8-15)9-17(10)14(19)12-5-6-16(2)13(18)7-12/h5-7,10-11H,3-4,8-9,15H2,1-2H3. The van der Waals surface area contributed by atoms with Crippen LogP contribution in [0.15, 0.2) is 23.1 Å². The third kappa shape index (κ3) is 2.87. The molecule has 5 heteroatoms. The van der Waals surface area contributed by atoms with Crippen molar-refractivity contribution in [1.29, 1.82) is 0 Å². The topological polar surface area (TPSA) is 68.3 Å². The molecule has 1 saturated heterocycles. The smallest absolute Gasteiger partial charge is 0.254 e. The second-order valence-electron chi connectivity index (χ2n) is 5.35. The number of nitrogens with two attached hydrogens (primary N) is 1. The Labute approximate surface area is 113 Å². The van der Waals surface area contributed by atoms with Crippen molar-refractivity contribution in [3.63, 3.8) is 0 Å². The second kappa shape index (κ2) is 5.57. The van der Waals surface area contributed by atoms with Crippen molar-refractivity contribution in [1.82, 2.24) is 9.47 Å². The van der Waals surface area contributed by atoms with Crippen LogP contribution in [0.25, 0.3) is 0 Å². The number of piperidine rings is 1. The number of nitrogens with zero attached hydrogens (tertiary/aromatic N) is 2. The number of pyridine rings is 1. The Morgan fingerprint density at radius 3 is 2.84 bits per heavy atom. The van der Waals surface area contributed by atoms with Gasteiger partial charge < -0.3 is 15.2 Å². The van der Waals surface area contributed by atoms with Gasteiger partial charge in [0.15, 0.2) is 0 Å². The molecule has 1 aliphatic rings. The van der Waals surface area contributed by atoms with E-state index in [4.69, 9.17) is 5.73 Å². The highest BCUT2D eigenvalue weighted by Crippen LogP contribution is 2.22. The summed E-state index contributed by atoms with van der Waals surface area (Å²) in [5.74, 6) is 0.301. The van der Waals surface area contributed by atoms with Gasteiger partial charge >= 0.3 is 0 Å². The SMILES string of the molecule is CC1CCC(CN)CN1C(=O)c1ccn(C)c(=O)c1. The van der Waals surface area contributed by atoms with Crippen LogP contribution in [0, 0.1) is 5.92 Å². The van der Waals surface area contributed by atoms with Crippen LogP contribution in [0.4, 0.5) is 0 Å². The van der Waals surface area contributed by atoms with Crippen LogP contribution in [0.3, 0.4) is 0 Å². The van der Waals surface area contributed by atoms with Crippen molar-refractivity contribution in [3.8, 4) is 0 Å². The van der Waals surface area contributed by atoms with E-state index in [1.54, 1.807) is 19.3 Å². The number of hydrogen-bond acceptors (Lipinski definition) is 3. The second-order valence-corrected chi connectivity index (χ2v) is 5.35. The molecule has 1 aliphatic heterocycles. The summed E-state index contributed by atoms with van der Waals surface area (Å²) >= 11 is 0. The van der Waals surface area contributed by atoms with Gasteiger partial charge in [0.25, 0.3) is 11.5 Å². The first-order valence-electron chi connectivity index (χ1n) is 6.70. The average molecular weight is 263 g/mol. The van der Waals surface area contributed by atoms with Crippen LogP contribution in [-0.2, 0) is 7.05 Å². The maximum Gasteiger partial charge on any atom is 0.254 e. The van der Waals surface area contributed by atoms with Gasteiger partial charge in [-0.1, -0.05) is 0 Å². The molecule has 1 amide bonds. The molecule has 5 nitrogen and oxygen atoms in total. The van der Waals surface area contributed by atoms with Crippen LogP contribution >= 0.6 is 0 Å². The fourth-order valence-electron chi connectivity index (χ4n) is 2.50. The fraction of sp³-hybridized carbons (Fsp3) is 0.571. The Kier molecular flexibility index (Phi) is 4.04. The minimum atomic E-state index is -0.161. The molecule has 1 aromatic rings. The predicted octanol–water partition coefficient (Wildman–Crippen LogP) is 0.585. The van der Waals surface area contributed by atoms with Crippen molar-refractivity contribution in [2.24, 2.45) is 18.7 Å². The van der Waals surface area contributed by atoms with Gasteiger partial charge in [-0.2, -0.15) is 0 Å². The summed E-state index contributed by atoms with van der Waals surface area (Å²) in [6, 6.07) is 3.31. The third-order valence-corrected chi connectivity index (χ3v) is 3.93. The summed E-state index contributed by atoms with van der Waals surface area (Å²) in [4.78, 5) is 25.9. The van der Waals surface area contributed by atoms with Crippen molar-refractivity contribution in [3.05, 3.63) is 34.2 Å². The van der Waals surface area contributed by atoms with Gasteiger partial charge in [0.05, 0.1) is 0 Å². The first-order valence-corrected chi connectivity index (χ1v) is 6.70.